The Kier molecular flexibility index (Phi) is 5.26. The minimum Gasteiger partial charge on any atom is -0.497 e. The zero-order valence-electron chi connectivity index (χ0n) is 17.6. The van der Waals surface area contributed by atoms with Crippen LogP contribution in [-0.2, 0) is 0 Å². The molecule has 0 N–H and O–H groups in total. The van der Waals surface area contributed by atoms with Gasteiger partial charge in [-0.2, -0.15) is 0 Å². The molecule has 1 heterocycles. The van der Waals surface area contributed by atoms with Gasteiger partial charge in [0.05, 0.1) is 18.5 Å². The van der Waals surface area contributed by atoms with Crippen molar-refractivity contribution in [3.8, 4) is 45.3 Å². The molecule has 0 amide bonds. The van der Waals surface area contributed by atoms with E-state index in [9.17, 15) is 4.39 Å². The normalized spacial score (nSPS) is 10.8. The van der Waals surface area contributed by atoms with Crippen LogP contribution >= 0.6 is 0 Å². The van der Waals surface area contributed by atoms with Crippen LogP contribution in [0.5, 0.6) is 5.75 Å². The van der Waals surface area contributed by atoms with Gasteiger partial charge in [0.1, 0.15) is 17.4 Å². The molecule has 5 rings (SSSR count). The second kappa shape index (κ2) is 8.52. The van der Waals surface area contributed by atoms with Gasteiger partial charge in [0.15, 0.2) is 0 Å². The number of hydrogen-bond acceptors (Lipinski definition) is 2. The molecular weight excluding hydrogens is 399 g/mol. The van der Waals surface area contributed by atoms with E-state index in [2.05, 4.69) is 28.8 Å². The molecule has 0 aliphatic heterocycles. The van der Waals surface area contributed by atoms with E-state index in [4.69, 9.17) is 9.72 Å². The van der Waals surface area contributed by atoms with Crippen LogP contribution < -0.4 is 4.74 Å². The number of benzene rings is 4. The van der Waals surface area contributed by atoms with Crippen molar-refractivity contribution in [1.29, 1.82) is 0 Å². The standard InChI is InChI=1S/C28H21FN2O/c1-32-25-18-16-24(17-19-25)31-27(21-10-6-3-7-11-21)26(20-8-4-2-5-9-20)30-28(31)22-12-14-23(29)15-13-22/h2-19H,1H3. The van der Waals surface area contributed by atoms with Gasteiger partial charge in [0.2, 0.25) is 0 Å². The molecule has 32 heavy (non-hydrogen) atoms. The molecule has 0 saturated heterocycles. The summed E-state index contributed by atoms with van der Waals surface area (Å²) in [7, 11) is 1.65. The first-order valence-electron chi connectivity index (χ1n) is 10.4. The summed E-state index contributed by atoms with van der Waals surface area (Å²) in [4.78, 5) is 5.08. The first kappa shape index (κ1) is 19.8. The zero-order valence-corrected chi connectivity index (χ0v) is 17.6. The number of aromatic nitrogens is 2. The Balaban J connectivity index is 1.85. The first-order valence-corrected chi connectivity index (χ1v) is 10.4. The molecule has 0 atom stereocenters. The fourth-order valence-electron chi connectivity index (χ4n) is 3.86. The maximum atomic E-state index is 13.7. The Morgan fingerprint density at radius 3 is 1.84 bits per heavy atom. The predicted octanol–water partition coefficient (Wildman–Crippen LogP) is 7.02. The minimum atomic E-state index is -0.275. The largest absolute Gasteiger partial charge is 0.497 e. The highest BCUT2D eigenvalue weighted by Crippen LogP contribution is 2.38. The van der Waals surface area contributed by atoms with Crippen molar-refractivity contribution in [2.24, 2.45) is 0 Å². The lowest BCUT2D eigenvalue weighted by Crippen LogP contribution is -2.00. The molecule has 3 nitrogen and oxygen atoms in total. The van der Waals surface area contributed by atoms with E-state index < -0.39 is 0 Å². The van der Waals surface area contributed by atoms with Crippen LogP contribution in [0.25, 0.3) is 39.6 Å². The summed E-state index contributed by atoms with van der Waals surface area (Å²) in [6.07, 6.45) is 0. The van der Waals surface area contributed by atoms with Crippen molar-refractivity contribution in [2.75, 3.05) is 7.11 Å². The molecule has 0 aliphatic carbocycles. The number of halogens is 1. The fraction of sp³-hybridized carbons (Fsp3) is 0.0357. The minimum absolute atomic E-state index is 0.275. The number of methoxy groups -OCH3 is 1. The lowest BCUT2D eigenvalue weighted by molar-refractivity contribution is 0.415. The first-order chi connectivity index (χ1) is 15.7. The van der Waals surface area contributed by atoms with Crippen LogP contribution in [0.1, 0.15) is 0 Å². The number of ether oxygens (including phenoxy) is 1. The average molecular weight is 420 g/mol. The molecule has 0 spiro atoms. The van der Waals surface area contributed by atoms with Gasteiger partial charge in [-0.15, -0.1) is 0 Å². The maximum Gasteiger partial charge on any atom is 0.145 e. The molecular formula is C28H21FN2O. The van der Waals surface area contributed by atoms with Crippen LogP contribution in [-0.4, -0.2) is 16.7 Å². The second-order valence-corrected chi connectivity index (χ2v) is 7.41. The Morgan fingerprint density at radius 2 is 1.25 bits per heavy atom. The maximum absolute atomic E-state index is 13.7. The highest BCUT2D eigenvalue weighted by atomic mass is 19.1. The third-order valence-electron chi connectivity index (χ3n) is 5.40. The SMILES string of the molecule is COc1ccc(-n2c(-c3ccc(F)cc3)nc(-c3ccccc3)c2-c2ccccc2)cc1. The van der Waals surface area contributed by atoms with E-state index >= 15 is 0 Å². The highest BCUT2D eigenvalue weighted by Gasteiger charge is 2.22. The molecule has 4 heteroatoms. The van der Waals surface area contributed by atoms with Gasteiger partial charge in [-0.3, -0.25) is 4.57 Å². The second-order valence-electron chi connectivity index (χ2n) is 7.41. The number of nitrogens with zero attached hydrogens (tertiary/aromatic N) is 2. The molecule has 1 aromatic heterocycles. The lowest BCUT2D eigenvalue weighted by atomic mass is 10.0. The lowest BCUT2D eigenvalue weighted by Gasteiger charge is -2.14. The Labute approximate surface area is 186 Å². The summed E-state index contributed by atoms with van der Waals surface area (Å²) in [6.45, 7) is 0. The topological polar surface area (TPSA) is 27.1 Å². The summed E-state index contributed by atoms with van der Waals surface area (Å²) in [5.74, 6) is 1.25. The smallest absolute Gasteiger partial charge is 0.145 e. The van der Waals surface area contributed by atoms with E-state index in [1.807, 2.05) is 60.7 Å². The van der Waals surface area contributed by atoms with Gasteiger partial charge >= 0.3 is 0 Å². The van der Waals surface area contributed by atoms with E-state index in [1.54, 1.807) is 19.2 Å². The molecule has 0 bridgehead atoms. The Morgan fingerprint density at radius 1 is 0.656 bits per heavy atom. The molecule has 156 valence electrons. The summed E-state index contributed by atoms with van der Waals surface area (Å²) >= 11 is 0. The fourth-order valence-corrected chi connectivity index (χ4v) is 3.86. The highest BCUT2D eigenvalue weighted by molar-refractivity contribution is 5.84. The summed E-state index contributed by atoms with van der Waals surface area (Å²) in [5.41, 5.74) is 5.68. The monoisotopic (exact) mass is 420 g/mol. The molecule has 4 aromatic carbocycles. The van der Waals surface area contributed by atoms with Crippen LogP contribution in [0, 0.1) is 5.82 Å². The third-order valence-corrected chi connectivity index (χ3v) is 5.40. The van der Waals surface area contributed by atoms with E-state index in [0.717, 1.165) is 45.3 Å². The molecule has 5 aromatic rings. The molecule has 0 unspecified atom stereocenters. The Hall–Kier alpha value is -4.18. The van der Waals surface area contributed by atoms with Gasteiger partial charge in [0, 0.05) is 22.4 Å². The van der Waals surface area contributed by atoms with Crippen molar-refractivity contribution in [2.45, 2.75) is 0 Å². The van der Waals surface area contributed by atoms with E-state index in [0.29, 0.717) is 0 Å². The van der Waals surface area contributed by atoms with Gasteiger partial charge in [0.25, 0.3) is 0 Å². The van der Waals surface area contributed by atoms with Gasteiger partial charge in [-0.05, 0) is 48.5 Å². The van der Waals surface area contributed by atoms with Crippen LogP contribution in [0.15, 0.2) is 109 Å². The summed E-state index contributed by atoms with van der Waals surface area (Å²) in [6, 6.07) is 34.7. The zero-order chi connectivity index (χ0) is 21.9. The average Bonchev–Trinajstić information content (AvgIpc) is 3.26. The quantitative estimate of drug-likeness (QED) is 0.305. The number of imidazole rings is 1. The predicted molar refractivity (Wildman–Crippen MR) is 126 cm³/mol. The summed E-state index contributed by atoms with van der Waals surface area (Å²) in [5, 5.41) is 0. The van der Waals surface area contributed by atoms with Gasteiger partial charge in [-0.1, -0.05) is 60.7 Å². The number of hydrogen-bond donors (Lipinski definition) is 0. The van der Waals surface area contributed by atoms with Crippen LogP contribution in [0.4, 0.5) is 4.39 Å². The van der Waals surface area contributed by atoms with Crippen molar-refractivity contribution < 1.29 is 9.13 Å². The molecule has 0 radical (unpaired) electrons. The van der Waals surface area contributed by atoms with Crippen LogP contribution in [0.2, 0.25) is 0 Å². The molecule has 0 saturated carbocycles. The number of rotatable bonds is 5. The van der Waals surface area contributed by atoms with Crippen LogP contribution in [0.3, 0.4) is 0 Å². The third kappa shape index (κ3) is 3.67. The van der Waals surface area contributed by atoms with Gasteiger partial charge < -0.3 is 4.74 Å². The Bertz CT molecular complexity index is 1330. The van der Waals surface area contributed by atoms with Crippen molar-refractivity contribution in [3.63, 3.8) is 0 Å². The van der Waals surface area contributed by atoms with E-state index in [-0.39, 0.29) is 5.82 Å². The van der Waals surface area contributed by atoms with Crippen molar-refractivity contribution in [3.05, 3.63) is 115 Å². The van der Waals surface area contributed by atoms with E-state index in [1.165, 1.54) is 12.1 Å². The van der Waals surface area contributed by atoms with Crippen molar-refractivity contribution in [1.82, 2.24) is 9.55 Å². The molecule has 0 fully saturated rings. The summed E-state index contributed by atoms with van der Waals surface area (Å²) < 4.78 is 21.2. The van der Waals surface area contributed by atoms with Crippen molar-refractivity contribution >= 4 is 0 Å². The molecule has 0 aliphatic rings. The van der Waals surface area contributed by atoms with Gasteiger partial charge in [-0.25, -0.2) is 9.37 Å².